The summed E-state index contributed by atoms with van der Waals surface area (Å²) in [5, 5.41) is 0. The average Bonchev–Trinajstić information content (AvgIpc) is 3.01. The van der Waals surface area contributed by atoms with E-state index in [4.69, 9.17) is 4.42 Å². The minimum absolute atomic E-state index is 0.351. The molecule has 0 saturated carbocycles. The third-order valence-electron chi connectivity index (χ3n) is 4.19. The number of anilines is 1. The molecule has 1 aromatic heterocycles. The van der Waals surface area contributed by atoms with E-state index >= 15 is 0 Å². The summed E-state index contributed by atoms with van der Waals surface area (Å²) in [7, 11) is -1.92. The van der Waals surface area contributed by atoms with Gasteiger partial charge in [0.05, 0.1) is 11.8 Å². The second-order valence-corrected chi connectivity index (χ2v) is 7.91. The molecule has 130 valence electrons. The summed E-state index contributed by atoms with van der Waals surface area (Å²) in [6.45, 7) is 2.00. The van der Waals surface area contributed by atoms with Crippen LogP contribution in [0.25, 0.3) is 22.3 Å². The summed E-state index contributed by atoms with van der Waals surface area (Å²) in [6.07, 6.45) is 1.85. The van der Waals surface area contributed by atoms with Gasteiger partial charge in [-0.2, -0.15) is 0 Å². The molecule has 2 aromatic carbocycles. The quantitative estimate of drug-likeness (QED) is 0.673. The molecule has 0 spiro atoms. The molecule has 0 saturated heterocycles. The highest BCUT2D eigenvalue weighted by atomic mass is 32.2. The molecular formula is C20H21NO3S. The van der Waals surface area contributed by atoms with Gasteiger partial charge in [-0.25, -0.2) is 12.7 Å². The molecule has 3 aromatic rings. The number of aryl methyl sites for hydroxylation is 1. The molecular weight excluding hydrogens is 334 g/mol. The van der Waals surface area contributed by atoms with Crippen LogP contribution >= 0.6 is 0 Å². The van der Waals surface area contributed by atoms with Crippen molar-refractivity contribution in [2.75, 3.05) is 17.6 Å². The zero-order chi connectivity index (χ0) is 18.0. The van der Waals surface area contributed by atoms with Crippen molar-refractivity contribution >= 4 is 15.9 Å². The minimum atomic E-state index is -3.44. The number of hydrogen-bond acceptors (Lipinski definition) is 3. The lowest BCUT2D eigenvalue weighted by Crippen LogP contribution is -2.24. The Balaban J connectivity index is 2.36. The van der Waals surface area contributed by atoms with Crippen LogP contribution in [-0.4, -0.2) is 21.7 Å². The molecule has 0 amide bonds. The maximum absolute atomic E-state index is 12.1. The van der Waals surface area contributed by atoms with Crippen LogP contribution in [0.2, 0.25) is 0 Å². The second-order valence-electron chi connectivity index (χ2n) is 5.90. The highest BCUT2D eigenvalue weighted by Crippen LogP contribution is 2.44. The molecule has 0 aliphatic heterocycles. The van der Waals surface area contributed by atoms with Crippen LogP contribution in [0.3, 0.4) is 0 Å². The predicted octanol–water partition coefficient (Wildman–Crippen LogP) is 4.57. The first-order valence-corrected chi connectivity index (χ1v) is 9.98. The van der Waals surface area contributed by atoms with E-state index in [0.717, 1.165) is 28.0 Å². The molecule has 0 aliphatic rings. The number of benzene rings is 2. The number of furan rings is 1. The Morgan fingerprint density at radius 2 is 1.36 bits per heavy atom. The lowest BCUT2D eigenvalue weighted by molar-refractivity contribution is 0.520. The van der Waals surface area contributed by atoms with E-state index in [0.29, 0.717) is 12.3 Å². The predicted molar refractivity (Wildman–Crippen MR) is 102 cm³/mol. The fraction of sp³-hybridized carbons (Fsp3) is 0.200. The van der Waals surface area contributed by atoms with Gasteiger partial charge in [0.25, 0.3) is 0 Å². The van der Waals surface area contributed by atoms with E-state index in [-0.39, 0.29) is 0 Å². The molecule has 0 fully saturated rings. The van der Waals surface area contributed by atoms with E-state index in [1.165, 1.54) is 17.6 Å². The van der Waals surface area contributed by atoms with Crippen molar-refractivity contribution in [1.82, 2.24) is 0 Å². The van der Waals surface area contributed by atoms with E-state index in [1.807, 2.05) is 67.6 Å². The van der Waals surface area contributed by atoms with Gasteiger partial charge in [0.15, 0.2) is 0 Å². The highest BCUT2D eigenvalue weighted by Gasteiger charge is 2.27. The smallest absolute Gasteiger partial charge is 0.234 e. The molecule has 5 heteroatoms. The summed E-state index contributed by atoms with van der Waals surface area (Å²) in [4.78, 5) is 0. The van der Waals surface area contributed by atoms with Gasteiger partial charge in [0, 0.05) is 19.0 Å². The van der Waals surface area contributed by atoms with Gasteiger partial charge >= 0.3 is 0 Å². The highest BCUT2D eigenvalue weighted by molar-refractivity contribution is 7.92. The third kappa shape index (κ3) is 3.33. The maximum atomic E-state index is 12.1. The monoisotopic (exact) mass is 355 g/mol. The maximum Gasteiger partial charge on any atom is 0.234 e. The van der Waals surface area contributed by atoms with Crippen molar-refractivity contribution in [3.05, 3.63) is 66.4 Å². The SMILES string of the molecule is CCc1oc(N(C)S(C)(=O)=O)c(-c2ccccc2)c1-c1ccccc1. The largest absolute Gasteiger partial charge is 0.443 e. The van der Waals surface area contributed by atoms with Crippen molar-refractivity contribution in [1.29, 1.82) is 0 Å². The van der Waals surface area contributed by atoms with E-state index < -0.39 is 10.0 Å². The van der Waals surface area contributed by atoms with Crippen molar-refractivity contribution in [3.8, 4) is 22.3 Å². The summed E-state index contributed by atoms with van der Waals surface area (Å²) < 4.78 is 31.5. The van der Waals surface area contributed by atoms with Crippen LogP contribution in [-0.2, 0) is 16.4 Å². The first-order chi connectivity index (χ1) is 11.9. The van der Waals surface area contributed by atoms with Crippen LogP contribution < -0.4 is 4.31 Å². The first-order valence-electron chi connectivity index (χ1n) is 8.14. The number of hydrogen-bond donors (Lipinski definition) is 0. The fourth-order valence-electron chi connectivity index (χ4n) is 2.87. The zero-order valence-corrected chi connectivity index (χ0v) is 15.4. The van der Waals surface area contributed by atoms with Gasteiger partial charge in [-0.3, -0.25) is 0 Å². The summed E-state index contributed by atoms with van der Waals surface area (Å²) >= 11 is 0. The Hall–Kier alpha value is -2.53. The number of rotatable bonds is 5. The summed E-state index contributed by atoms with van der Waals surface area (Å²) in [5.74, 6) is 1.12. The Labute approximate surface area is 148 Å². The van der Waals surface area contributed by atoms with E-state index in [9.17, 15) is 8.42 Å². The lowest BCUT2D eigenvalue weighted by atomic mass is 9.95. The number of sulfonamides is 1. The van der Waals surface area contributed by atoms with Gasteiger partial charge < -0.3 is 4.42 Å². The Morgan fingerprint density at radius 1 is 0.880 bits per heavy atom. The standard InChI is InChI=1S/C20H21NO3S/c1-4-17-18(15-11-7-5-8-12-15)19(16-13-9-6-10-14-16)20(24-17)21(2)25(3,22)23/h5-14H,4H2,1-3H3. The van der Waals surface area contributed by atoms with Gasteiger partial charge in [-0.15, -0.1) is 0 Å². The Bertz CT molecular complexity index is 961. The molecule has 0 radical (unpaired) electrons. The minimum Gasteiger partial charge on any atom is -0.443 e. The molecule has 0 unspecified atom stereocenters. The van der Waals surface area contributed by atoms with Crippen molar-refractivity contribution in [2.45, 2.75) is 13.3 Å². The molecule has 3 rings (SSSR count). The van der Waals surface area contributed by atoms with E-state index in [2.05, 4.69) is 0 Å². The van der Waals surface area contributed by atoms with Gasteiger partial charge in [-0.1, -0.05) is 67.6 Å². The average molecular weight is 355 g/mol. The van der Waals surface area contributed by atoms with Crippen molar-refractivity contribution < 1.29 is 12.8 Å². The molecule has 25 heavy (non-hydrogen) atoms. The van der Waals surface area contributed by atoms with Gasteiger partial charge in [-0.05, 0) is 11.1 Å². The lowest BCUT2D eigenvalue weighted by Gasteiger charge is -2.16. The first kappa shape index (κ1) is 17.3. The molecule has 1 heterocycles. The molecule has 0 atom stereocenters. The molecule has 0 bridgehead atoms. The van der Waals surface area contributed by atoms with Crippen LogP contribution in [0.1, 0.15) is 12.7 Å². The van der Waals surface area contributed by atoms with Crippen LogP contribution in [0.5, 0.6) is 0 Å². The van der Waals surface area contributed by atoms with Crippen LogP contribution in [0.4, 0.5) is 5.88 Å². The Morgan fingerprint density at radius 3 is 1.80 bits per heavy atom. The summed E-state index contributed by atoms with van der Waals surface area (Å²) in [6, 6.07) is 19.7. The van der Waals surface area contributed by atoms with Crippen molar-refractivity contribution in [2.24, 2.45) is 0 Å². The normalized spacial score (nSPS) is 11.5. The fourth-order valence-corrected chi connectivity index (χ4v) is 3.30. The molecule has 4 nitrogen and oxygen atoms in total. The zero-order valence-electron chi connectivity index (χ0n) is 14.6. The topological polar surface area (TPSA) is 50.5 Å². The number of nitrogens with zero attached hydrogens (tertiary/aromatic N) is 1. The third-order valence-corrected chi connectivity index (χ3v) is 5.35. The van der Waals surface area contributed by atoms with E-state index in [1.54, 1.807) is 0 Å². The Kier molecular flexibility index (Phi) is 4.68. The molecule has 0 N–H and O–H groups in total. The summed E-state index contributed by atoms with van der Waals surface area (Å²) in [5.41, 5.74) is 3.68. The van der Waals surface area contributed by atoms with Gasteiger partial charge in [0.1, 0.15) is 5.76 Å². The van der Waals surface area contributed by atoms with Crippen molar-refractivity contribution in [3.63, 3.8) is 0 Å². The molecule has 0 aliphatic carbocycles. The van der Waals surface area contributed by atoms with Gasteiger partial charge in [0.2, 0.25) is 15.9 Å². The van der Waals surface area contributed by atoms with Crippen LogP contribution in [0.15, 0.2) is 65.1 Å². The van der Waals surface area contributed by atoms with Crippen LogP contribution in [0, 0.1) is 0 Å². The second kappa shape index (κ2) is 6.76.